The van der Waals surface area contributed by atoms with Gasteiger partial charge in [-0.25, -0.2) is 0 Å². The van der Waals surface area contributed by atoms with E-state index in [0.29, 0.717) is 10.6 Å². The second-order valence-corrected chi connectivity index (χ2v) is 5.84. The summed E-state index contributed by atoms with van der Waals surface area (Å²) in [6, 6.07) is 13.1. The molecule has 0 bridgehead atoms. The minimum absolute atomic E-state index is 0.00211. The zero-order chi connectivity index (χ0) is 18.2. The highest BCUT2D eigenvalue weighted by molar-refractivity contribution is 6.35. The highest BCUT2D eigenvalue weighted by Crippen LogP contribution is 2.20. The minimum atomic E-state index is -0.589. The van der Waals surface area contributed by atoms with E-state index in [-0.39, 0.29) is 29.5 Å². The van der Waals surface area contributed by atoms with E-state index >= 15 is 0 Å². The molecule has 6 nitrogen and oxygen atoms in total. The lowest BCUT2D eigenvalue weighted by atomic mass is 10.2. The Balaban J connectivity index is 1.74. The molecule has 3 amide bonds. The summed E-state index contributed by atoms with van der Waals surface area (Å²) in [7, 11) is 0. The van der Waals surface area contributed by atoms with Gasteiger partial charge in [-0.15, -0.1) is 0 Å². The van der Waals surface area contributed by atoms with E-state index in [0.717, 1.165) is 0 Å². The maximum Gasteiger partial charge on any atom is 0.271 e. The summed E-state index contributed by atoms with van der Waals surface area (Å²) in [4.78, 5) is 35.5. The lowest BCUT2D eigenvalue weighted by Gasteiger charge is -2.09. The molecule has 0 saturated carbocycles. The number of halogens is 2. The summed E-state index contributed by atoms with van der Waals surface area (Å²) in [5.41, 5.74) is 5.14. The molecule has 0 saturated heterocycles. The van der Waals surface area contributed by atoms with Gasteiger partial charge in [-0.2, -0.15) is 0 Å². The molecule has 0 aliphatic carbocycles. The zero-order valence-electron chi connectivity index (χ0n) is 13.0. The van der Waals surface area contributed by atoms with Crippen molar-refractivity contribution in [2.75, 3.05) is 6.54 Å². The Morgan fingerprint density at radius 1 is 0.880 bits per heavy atom. The van der Waals surface area contributed by atoms with Crippen molar-refractivity contribution in [2.24, 2.45) is 0 Å². The number of nitrogens with one attached hydrogen (secondary N) is 3. The molecule has 3 N–H and O–H groups in total. The van der Waals surface area contributed by atoms with Crippen molar-refractivity contribution >= 4 is 40.9 Å². The van der Waals surface area contributed by atoms with Gasteiger partial charge in [-0.1, -0.05) is 41.4 Å². The predicted octanol–water partition coefficient (Wildman–Crippen LogP) is 2.57. The third kappa shape index (κ3) is 5.77. The normalized spacial score (nSPS) is 10.0. The van der Waals surface area contributed by atoms with Gasteiger partial charge >= 0.3 is 0 Å². The van der Waals surface area contributed by atoms with Gasteiger partial charge in [0.25, 0.3) is 11.8 Å². The number of hydrogen-bond donors (Lipinski definition) is 3. The Morgan fingerprint density at radius 3 is 2.32 bits per heavy atom. The lowest BCUT2D eigenvalue weighted by Crippen LogP contribution is -2.42. The average Bonchev–Trinajstić information content (AvgIpc) is 2.62. The highest BCUT2D eigenvalue weighted by Gasteiger charge is 2.12. The standard InChI is InChI=1S/C17H15Cl2N3O3/c18-12-6-7-14(19)13(10-12)17(25)22-21-15(23)8-9-20-16(24)11-4-2-1-3-5-11/h1-7,10H,8-9H2,(H,20,24)(H,21,23)(H,22,25). The van der Waals surface area contributed by atoms with Crippen LogP contribution in [-0.4, -0.2) is 24.3 Å². The van der Waals surface area contributed by atoms with Crippen LogP contribution in [0.3, 0.4) is 0 Å². The van der Waals surface area contributed by atoms with Gasteiger partial charge in [0.2, 0.25) is 5.91 Å². The van der Waals surface area contributed by atoms with Crippen molar-refractivity contribution in [1.82, 2.24) is 16.2 Å². The fourth-order valence-electron chi connectivity index (χ4n) is 1.91. The third-order valence-electron chi connectivity index (χ3n) is 3.16. The number of rotatable bonds is 5. The largest absolute Gasteiger partial charge is 0.352 e. The van der Waals surface area contributed by atoms with Gasteiger partial charge in [0, 0.05) is 23.6 Å². The van der Waals surface area contributed by atoms with Gasteiger partial charge in [0.05, 0.1) is 10.6 Å². The molecule has 2 rings (SSSR count). The number of amides is 3. The van der Waals surface area contributed by atoms with Crippen LogP contribution in [0.2, 0.25) is 10.0 Å². The first-order valence-corrected chi connectivity index (χ1v) is 8.10. The van der Waals surface area contributed by atoms with Gasteiger partial charge in [0.1, 0.15) is 0 Å². The van der Waals surface area contributed by atoms with Crippen LogP contribution in [0.5, 0.6) is 0 Å². The summed E-state index contributed by atoms with van der Waals surface area (Å²) in [5.74, 6) is -1.32. The second kappa shape index (κ2) is 9.05. The van der Waals surface area contributed by atoms with Crippen LogP contribution in [0.4, 0.5) is 0 Å². The van der Waals surface area contributed by atoms with Crippen LogP contribution in [0.15, 0.2) is 48.5 Å². The van der Waals surface area contributed by atoms with E-state index < -0.39 is 11.8 Å². The first-order valence-electron chi connectivity index (χ1n) is 7.35. The first kappa shape index (κ1) is 18.8. The van der Waals surface area contributed by atoms with Crippen molar-refractivity contribution in [3.8, 4) is 0 Å². The van der Waals surface area contributed by atoms with E-state index in [9.17, 15) is 14.4 Å². The van der Waals surface area contributed by atoms with Crippen molar-refractivity contribution in [2.45, 2.75) is 6.42 Å². The molecule has 130 valence electrons. The molecule has 0 unspecified atom stereocenters. The maximum atomic E-state index is 12.0. The number of hydrogen-bond acceptors (Lipinski definition) is 3. The molecule has 0 spiro atoms. The quantitative estimate of drug-likeness (QED) is 0.697. The molecule has 0 fully saturated rings. The Bertz CT molecular complexity index is 782. The minimum Gasteiger partial charge on any atom is -0.352 e. The highest BCUT2D eigenvalue weighted by atomic mass is 35.5. The van der Waals surface area contributed by atoms with Crippen LogP contribution >= 0.6 is 23.2 Å². The van der Waals surface area contributed by atoms with E-state index in [1.54, 1.807) is 36.4 Å². The van der Waals surface area contributed by atoms with Crippen LogP contribution < -0.4 is 16.2 Å². The molecular formula is C17H15Cl2N3O3. The molecule has 0 aliphatic heterocycles. The van der Waals surface area contributed by atoms with Crippen LogP contribution in [0.1, 0.15) is 27.1 Å². The lowest BCUT2D eigenvalue weighted by molar-refractivity contribution is -0.121. The smallest absolute Gasteiger partial charge is 0.271 e. The van der Waals surface area contributed by atoms with Crippen molar-refractivity contribution in [1.29, 1.82) is 0 Å². The van der Waals surface area contributed by atoms with Crippen molar-refractivity contribution in [3.05, 3.63) is 69.7 Å². The van der Waals surface area contributed by atoms with E-state index in [1.165, 1.54) is 12.1 Å². The Morgan fingerprint density at radius 2 is 1.60 bits per heavy atom. The Hall–Kier alpha value is -2.57. The third-order valence-corrected chi connectivity index (χ3v) is 3.73. The summed E-state index contributed by atoms with van der Waals surface area (Å²) < 4.78 is 0. The maximum absolute atomic E-state index is 12.0. The molecule has 0 aromatic heterocycles. The summed E-state index contributed by atoms with van der Waals surface area (Å²) in [5, 5.41) is 3.18. The van der Waals surface area contributed by atoms with Crippen molar-refractivity contribution < 1.29 is 14.4 Å². The molecule has 2 aromatic carbocycles. The number of benzene rings is 2. The van der Waals surface area contributed by atoms with Crippen LogP contribution in [0, 0.1) is 0 Å². The topological polar surface area (TPSA) is 87.3 Å². The summed E-state index contributed by atoms with van der Waals surface area (Å²) in [6.45, 7) is 0.132. The molecule has 0 atom stereocenters. The van der Waals surface area contributed by atoms with Gasteiger partial charge in [-0.3, -0.25) is 25.2 Å². The molecule has 0 aliphatic rings. The van der Waals surface area contributed by atoms with Gasteiger partial charge in [-0.05, 0) is 30.3 Å². The number of carbonyl (C=O) groups excluding carboxylic acids is 3. The monoisotopic (exact) mass is 379 g/mol. The SMILES string of the molecule is O=C(CCNC(=O)c1ccccc1)NNC(=O)c1cc(Cl)ccc1Cl. The van der Waals surface area contributed by atoms with Gasteiger partial charge in [0.15, 0.2) is 0 Å². The molecule has 8 heteroatoms. The van der Waals surface area contributed by atoms with Crippen LogP contribution in [0.25, 0.3) is 0 Å². The number of carbonyl (C=O) groups is 3. The van der Waals surface area contributed by atoms with E-state index in [1.807, 2.05) is 0 Å². The second-order valence-electron chi connectivity index (χ2n) is 5.00. The molecule has 2 aromatic rings. The zero-order valence-corrected chi connectivity index (χ0v) is 14.5. The molecular weight excluding hydrogens is 365 g/mol. The molecule has 0 radical (unpaired) electrons. The predicted molar refractivity (Wildman–Crippen MR) is 95.5 cm³/mol. The average molecular weight is 380 g/mol. The fraction of sp³-hybridized carbons (Fsp3) is 0.118. The van der Waals surface area contributed by atoms with Gasteiger partial charge < -0.3 is 5.32 Å². The Labute approximate surface area is 154 Å². The fourth-order valence-corrected chi connectivity index (χ4v) is 2.28. The van der Waals surface area contributed by atoms with Crippen molar-refractivity contribution in [3.63, 3.8) is 0 Å². The van der Waals surface area contributed by atoms with E-state index in [4.69, 9.17) is 23.2 Å². The summed E-state index contributed by atoms with van der Waals surface area (Å²) >= 11 is 11.7. The number of hydrazine groups is 1. The first-order chi connectivity index (χ1) is 12.0. The van der Waals surface area contributed by atoms with E-state index in [2.05, 4.69) is 16.2 Å². The Kier molecular flexibility index (Phi) is 6.80. The van der Waals surface area contributed by atoms with Crippen LogP contribution in [-0.2, 0) is 4.79 Å². The summed E-state index contributed by atoms with van der Waals surface area (Å²) in [6.07, 6.45) is 0.00211. The molecule has 25 heavy (non-hydrogen) atoms. The molecule has 0 heterocycles.